The fourth-order valence-corrected chi connectivity index (χ4v) is 1.28. The average molecular weight is 175 g/mol. The van der Waals surface area contributed by atoms with Crippen molar-refractivity contribution < 1.29 is 0 Å². The summed E-state index contributed by atoms with van der Waals surface area (Å²) in [6.45, 7) is 0. The van der Waals surface area contributed by atoms with E-state index in [0.717, 1.165) is 6.04 Å². The Morgan fingerprint density at radius 3 is 1.71 bits per heavy atom. The third-order valence-electron chi connectivity index (χ3n) is 0.408. The Morgan fingerprint density at radius 1 is 1.29 bits per heavy atom. The lowest BCUT2D eigenvalue weighted by Gasteiger charge is -2.05. The van der Waals surface area contributed by atoms with Gasteiger partial charge in [-0.15, -0.1) is 0 Å². The minimum atomic E-state index is -1.08. The second kappa shape index (κ2) is 3.18. The van der Waals surface area contributed by atoms with Crippen LogP contribution < -0.4 is 0 Å². The van der Waals surface area contributed by atoms with E-state index in [1.165, 1.54) is 0 Å². The smallest absolute Gasteiger partial charge is 0.0837 e. The van der Waals surface area contributed by atoms with Gasteiger partial charge in [-0.3, -0.25) is 0 Å². The van der Waals surface area contributed by atoms with E-state index in [-0.39, 0.29) is 0 Å². The molecule has 0 rings (SSSR count). The molecule has 0 aliphatic rings. The first-order valence-corrected chi connectivity index (χ1v) is 3.62. The molecule has 0 fully saturated rings. The van der Waals surface area contributed by atoms with E-state index in [1.807, 2.05) is 0 Å². The van der Waals surface area contributed by atoms with E-state index < -0.39 is 3.79 Å². The summed E-state index contributed by atoms with van der Waals surface area (Å²) in [5.74, 6) is 0. The fourth-order valence-electron chi connectivity index (χ4n) is 0.142. The molecule has 7 heavy (non-hydrogen) atoms. The van der Waals surface area contributed by atoms with Crippen LogP contribution in [-0.4, -0.2) is 14.0 Å². The Hall–Kier alpha value is 1.09. The maximum absolute atomic E-state index is 5.33. The zero-order valence-corrected chi connectivity index (χ0v) is 6.82. The predicted molar refractivity (Wildman–Crippen MR) is 35.5 cm³/mol. The highest BCUT2D eigenvalue weighted by Gasteiger charge is 2.16. The summed E-state index contributed by atoms with van der Waals surface area (Å²) in [6, 6.07) is 0.719. The second-order valence-electron chi connectivity index (χ2n) is 1.12. The van der Waals surface area contributed by atoms with E-state index in [4.69, 9.17) is 34.8 Å². The van der Waals surface area contributed by atoms with Crippen molar-refractivity contribution in [1.82, 2.24) is 0 Å². The van der Waals surface area contributed by atoms with E-state index in [9.17, 15) is 0 Å². The number of alkyl halides is 3. The molecule has 0 atom stereocenters. The summed E-state index contributed by atoms with van der Waals surface area (Å²) in [5.41, 5.74) is 0. The quantitative estimate of drug-likeness (QED) is 0.423. The van der Waals surface area contributed by atoms with Gasteiger partial charge in [-0.2, -0.15) is 0 Å². The maximum atomic E-state index is 5.33. The first-order chi connectivity index (χ1) is 3.06. The van der Waals surface area contributed by atoms with Gasteiger partial charge in [0.2, 0.25) is 0 Å². The number of halogens is 3. The first-order valence-electron chi connectivity index (χ1n) is 1.77. The van der Waals surface area contributed by atoms with Crippen molar-refractivity contribution in [1.29, 1.82) is 0 Å². The minimum Gasteiger partial charge on any atom is -0.0837 e. The molecule has 0 aliphatic carbocycles. The normalized spacial score (nSPS) is 12.0. The van der Waals surface area contributed by atoms with Crippen molar-refractivity contribution in [3.8, 4) is 0 Å². The van der Waals surface area contributed by atoms with Crippen LogP contribution in [0, 0.1) is 0 Å². The fraction of sp³-hybridized carbons (Fsp3) is 1.00. The maximum Gasteiger partial charge on any atom is 0.190 e. The molecule has 0 N–H and O–H groups in total. The van der Waals surface area contributed by atoms with Crippen molar-refractivity contribution in [2.24, 2.45) is 0 Å². The van der Waals surface area contributed by atoms with Gasteiger partial charge < -0.3 is 0 Å². The lowest BCUT2D eigenvalue weighted by molar-refractivity contribution is 0.971. The van der Waals surface area contributed by atoms with Crippen molar-refractivity contribution >= 4 is 45.0 Å². The molecular weight excluding hydrogens is 170 g/mol. The summed E-state index contributed by atoms with van der Waals surface area (Å²) in [5, 5.41) is 0. The lowest BCUT2D eigenvalue weighted by atomic mass is 10.6. The number of hydrogen-bond donors (Lipinski definition) is 0. The summed E-state index contributed by atoms with van der Waals surface area (Å²) in [6.07, 6.45) is 0.550. The summed E-state index contributed by atoms with van der Waals surface area (Å²) >= 11 is 16.0. The molecule has 0 aromatic rings. The lowest BCUT2D eigenvalue weighted by Crippen LogP contribution is -1.99. The average Bonchev–Trinajstić information content (AvgIpc) is 1.30. The van der Waals surface area contributed by atoms with Gasteiger partial charge in [0.1, 0.15) is 0 Å². The van der Waals surface area contributed by atoms with Gasteiger partial charge in [-0.1, -0.05) is 40.8 Å². The minimum absolute atomic E-state index is 0.550. The van der Waals surface area contributed by atoms with Gasteiger partial charge >= 0.3 is 0 Å². The number of hydrogen-bond acceptors (Lipinski definition) is 0. The van der Waals surface area contributed by atoms with E-state index >= 15 is 0 Å². The monoisotopic (exact) mass is 173 g/mol. The Morgan fingerprint density at radius 2 is 1.71 bits per heavy atom. The third-order valence-corrected chi connectivity index (χ3v) is 1.23. The summed E-state index contributed by atoms with van der Waals surface area (Å²) < 4.78 is -1.08. The SMILES string of the molecule is [Si]CCC(Cl)(Cl)Cl. The van der Waals surface area contributed by atoms with Crippen LogP contribution in [0.2, 0.25) is 6.04 Å². The molecule has 0 amide bonds. The summed E-state index contributed by atoms with van der Waals surface area (Å²) in [7, 11) is 3.17. The largest absolute Gasteiger partial charge is 0.190 e. The Labute approximate surface area is 61.5 Å². The van der Waals surface area contributed by atoms with Crippen molar-refractivity contribution in [3.63, 3.8) is 0 Å². The molecule has 0 nitrogen and oxygen atoms in total. The highest BCUT2D eigenvalue weighted by atomic mass is 35.6. The molecule has 0 aromatic heterocycles. The van der Waals surface area contributed by atoms with Crippen LogP contribution in [0.5, 0.6) is 0 Å². The molecule has 3 radical (unpaired) electrons. The summed E-state index contributed by atoms with van der Waals surface area (Å²) in [4.78, 5) is 0. The van der Waals surface area contributed by atoms with Gasteiger partial charge in [0, 0.05) is 10.2 Å². The van der Waals surface area contributed by atoms with Crippen LogP contribution in [0.25, 0.3) is 0 Å². The molecule has 41 valence electrons. The van der Waals surface area contributed by atoms with Crippen LogP contribution in [0.1, 0.15) is 6.42 Å². The molecule has 0 saturated carbocycles. The van der Waals surface area contributed by atoms with Gasteiger partial charge in [0.05, 0.1) is 0 Å². The highest BCUT2D eigenvalue weighted by molar-refractivity contribution is 6.67. The van der Waals surface area contributed by atoms with Crippen molar-refractivity contribution in [3.05, 3.63) is 0 Å². The highest BCUT2D eigenvalue weighted by Crippen LogP contribution is 2.30. The molecule has 0 bridgehead atoms. The molecule has 0 spiro atoms. The number of rotatable bonds is 1. The van der Waals surface area contributed by atoms with Crippen LogP contribution in [0.15, 0.2) is 0 Å². The zero-order chi connectivity index (χ0) is 5.91. The van der Waals surface area contributed by atoms with Gasteiger partial charge in [0.15, 0.2) is 3.79 Å². The Bertz CT molecular complexity index is 48.6. The molecule has 0 aromatic carbocycles. The van der Waals surface area contributed by atoms with Crippen molar-refractivity contribution in [2.45, 2.75) is 16.3 Å². The van der Waals surface area contributed by atoms with Crippen LogP contribution in [0.3, 0.4) is 0 Å². The zero-order valence-electron chi connectivity index (χ0n) is 3.55. The van der Waals surface area contributed by atoms with Gasteiger partial charge in [-0.25, -0.2) is 0 Å². The van der Waals surface area contributed by atoms with E-state index in [1.54, 1.807) is 0 Å². The van der Waals surface area contributed by atoms with Crippen LogP contribution in [-0.2, 0) is 0 Å². The topological polar surface area (TPSA) is 0 Å². The molecule has 0 unspecified atom stereocenters. The van der Waals surface area contributed by atoms with Gasteiger partial charge in [0.25, 0.3) is 0 Å². The Kier molecular flexibility index (Phi) is 3.67. The van der Waals surface area contributed by atoms with Crippen LogP contribution in [0.4, 0.5) is 0 Å². The predicted octanol–water partition coefficient (Wildman–Crippen LogP) is 2.33. The van der Waals surface area contributed by atoms with E-state index in [0.29, 0.717) is 6.42 Å². The van der Waals surface area contributed by atoms with Gasteiger partial charge in [-0.05, 0) is 6.42 Å². The second-order valence-corrected chi connectivity index (χ2v) is 4.13. The third kappa shape index (κ3) is 7.09. The van der Waals surface area contributed by atoms with Crippen molar-refractivity contribution in [2.75, 3.05) is 0 Å². The standard InChI is InChI=1S/C3H4Cl3Si/c4-3(5,6)1-2-7/h1-2H2. The van der Waals surface area contributed by atoms with Crippen LogP contribution >= 0.6 is 34.8 Å². The molecule has 4 heteroatoms. The first kappa shape index (κ1) is 8.09. The molecular formula is C3H4Cl3Si. The molecule has 0 aliphatic heterocycles. The Balaban J connectivity index is 3.15. The van der Waals surface area contributed by atoms with E-state index in [2.05, 4.69) is 10.2 Å². The molecule has 0 heterocycles. The molecule has 0 saturated heterocycles.